The fourth-order valence-corrected chi connectivity index (χ4v) is 5.17. The van der Waals surface area contributed by atoms with Crippen LogP contribution in [-0.4, -0.2) is 34.9 Å². The van der Waals surface area contributed by atoms with Gasteiger partial charge in [-0.2, -0.15) is 13.2 Å². The molecule has 1 aliphatic heterocycles. The minimum Gasteiger partial charge on any atom is -0.229 e. The van der Waals surface area contributed by atoms with Crippen LogP contribution in [0.25, 0.3) is 0 Å². The molecule has 0 spiro atoms. The van der Waals surface area contributed by atoms with E-state index in [0.717, 1.165) is 24.3 Å². The van der Waals surface area contributed by atoms with Crippen LogP contribution in [0.2, 0.25) is 0 Å². The zero-order valence-corrected chi connectivity index (χ0v) is 14.3. The Morgan fingerprint density at radius 2 is 1.62 bits per heavy atom. The monoisotopic (exact) mass is 385 g/mol. The Bertz CT molecular complexity index is 757. The lowest BCUT2D eigenvalue weighted by molar-refractivity contribution is -0.137. The van der Waals surface area contributed by atoms with Gasteiger partial charge in [0.15, 0.2) is 0 Å². The van der Waals surface area contributed by atoms with Crippen molar-refractivity contribution >= 4 is 19.9 Å². The maximum Gasteiger partial charge on any atom is 0.416 e. The van der Waals surface area contributed by atoms with Gasteiger partial charge in [0.05, 0.1) is 22.0 Å². The number of hydrogen-bond acceptors (Lipinski definition) is 4. The lowest BCUT2D eigenvalue weighted by atomic mass is 9.99. The topological polar surface area (TPSA) is 80.3 Å². The van der Waals surface area contributed by atoms with E-state index >= 15 is 0 Å². The molecule has 0 atom stereocenters. The number of sulfone groups is 1. The number of benzene rings is 1. The molecule has 0 bridgehead atoms. The van der Waals surface area contributed by atoms with E-state index in [1.165, 1.54) is 0 Å². The maximum absolute atomic E-state index is 12.5. The first-order chi connectivity index (χ1) is 11.0. The summed E-state index contributed by atoms with van der Waals surface area (Å²) in [5.74, 6) is 0.357. The van der Waals surface area contributed by atoms with Crippen molar-refractivity contribution in [3.05, 3.63) is 29.8 Å². The molecule has 0 saturated carbocycles. The zero-order chi connectivity index (χ0) is 18.0. The Kier molecular flexibility index (Phi) is 5.61. The van der Waals surface area contributed by atoms with Crippen LogP contribution in [0.4, 0.5) is 13.2 Å². The van der Waals surface area contributed by atoms with Gasteiger partial charge >= 0.3 is 6.18 Å². The van der Waals surface area contributed by atoms with Crippen LogP contribution < -0.4 is 4.72 Å². The molecule has 136 valence electrons. The quantitative estimate of drug-likeness (QED) is 0.843. The summed E-state index contributed by atoms with van der Waals surface area (Å²) in [6, 6.07) is 3.28. The van der Waals surface area contributed by atoms with Gasteiger partial charge in [-0.3, -0.25) is 0 Å². The predicted octanol–water partition coefficient (Wildman–Crippen LogP) is 2.20. The normalized spacial score (nSPS) is 19.3. The minimum absolute atomic E-state index is 0.114. The van der Waals surface area contributed by atoms with E-state index in [1.807, 2.05) is 0 Å². The molecule has 10 heteroatoms. The van der Waals surface area contributed by atoms with Crippen molar-refractivity contribution < 1.29 is 30.0 Å². The molecule has 2 rings (SSSR count). The van der Waals surface area contributed by atoms with Gasteiger partial charge in [0.25, 0.3) is 0 Å². The molecule has 0 amide bonds. The molecular formula is C14H18F3NO4S2. The molecule has 0 unspecified atom stereocenters. The van der Waals surface area contributed by atoms with Gasteiger partial charge in [-0.05, 0) is 49.4 Å². The second-order valence-corrected chi connectivity index (χ2v) is 9.87. The molecule has 1 N–H and O–H groups in total. The molecular weight excluding hydrogens is 367 g/mol. The van der Waals surface area contributed by atoms with E-state index in [1.54, 1.807) is 0 Å². The van der Waals surface area contributed by atoms with Crippen molar-refractivity contribution in [2.45, 2.75) is 30.3 Å². The number of hydrogen-bond donors (Lipinski definition) is 1. The molecule has 5 nitrogen and oxygen atoms in total. The standard InChI is InChI=1S/C14H18F3NO4S2/c15-14(16,17)12-1-3-13(4-2-12)24(21,22)18-8-5-11-6-9-23(19,20)10-7-11/h1-4,11,18H,5-10H2. The van der Waals surface area contributed by atoms with E-state index < -0.39 is 31.6 Å². The number of sulfonamides is 1. The van der Waals surface area contributed by atoms with Crippen molar-refractivity contribution in [2.24, 2.45) is 5.92 Å². The fraction of sp³-hybridized carbons (Fsp3) is 0.571. The second-order valence-electron chi connectivity index (χ2n) is 5.80. The van der Waals surface area contributed by atoms with Gasteiger partial charge in [-0.25, -0.2) is 21.6 Å². The van der Waals surface area contributed by atoms with E-state index in [-0.39, 0.29) is 28.9 Å². The van der Waals surface area contributed by atoms with Gasteiger partial charge in [0, 0.05) is 6.54 Å². The molecule has 0 aromatic heterocycles. The Balaban J connectivity index is 1.90. The third-order valence-corrected chi connectivity index (χ3v) is 7.20. The average Bonchev–Trinajstić information content (AvgIpc) is 2.48. The highest BCUT2D eigenvalue weighted by Crippen LogP contribution is 2.29. The molecule has 1 heterocycles. The Morgan fingerprint density at radius 3 is 2.12 bits per heavy atom. The van der Waals surface area contributed by atoms with Crippen LogP contribution in [-0.2, 0) is 26.0 Å². The van der Waals surface area contributed by atoms with Gasteiger partial charge in [0.2, 0.25) is 10.0 Å². The predicted molar refractivity (Wildman–Crippen MR) is 82.6 cm³/mol. The van der Waals surface area contributed by atoms with E-state index in [0.29, 0.717) is 19.3 Å². The molecule has 1 aliphatic rings. The number of alkyl halides is 3. The highest BCUT2D eigenvalue weighted by atomic mass is 32.2. The van der Waals surface area contributed by atoms with Gasteiger partial charge in [-0.15, -0.1) is 0 Å². The van der Waals surface area contributed by atoms with Crippen LogP contribution in [0.15, 0.2) is 29.2 Å². The summed E-state index contributed by atoms with van der Waals surface area (Å²) in [6.45, 7) is 0.119. The number of nitrogens with one attached hydrogen (secondary N) is 1. The SMILES string of the molecule is O=S1(=O)CCC(CCNS(=O)(=O)c2ccc(C(F)(F)F)cc2)CC1. The van der Waals surface area contributed by atoms with Crippen molar-refractivity contribution in [2.75, 3.05) is 18.1 Å². The number of halogens is 3. The summed E-state index contributed by atoms with van der Waals surface area (Å²) in [5.41, 5.74) is -0.912. The molecule has 1 aromatic carbocycles. The lowest BCUT2D eigenvalue weighted by Gasteiger charge is -2.21. The van der Waals surface area contributed by atoms with Crippen molar-refractivity contribution in [3.8, 4) is 0 Å². The van der Waals surface area contributed by atoms with Gasteiger partial charge in [-0.1, -0.05) is 0 Å². The molecule has 0 radical (unpaired) electrons. The summed E-state index contributed by atoms with van der Waals surface area (Å²) >= 11 is 0. The first-order valence-corrected chi connectivity index (χ1v) is 10.7. The second kappa shape index (κ2) is 7.01. The third-order valence-electron chi connectivity index (χ3n) is 4.01. The molecule has 0 aliphatic carbocycles. The minimum atomic E-state index is -4.52. The highest BCUT2D eigenvalue weighted by Gasteiger charge is 2.30. The first-order valence-electron chi connectivity index (χ1n) is 7.37. The zero-order valence-electron chi connectivity index (χ0n) is 12.7. The van der Waals surface area contributed by atoms with Crippen LogP contribution in [0.3, 0.4) is 0 Å². The molecule has 1 saturated heterocycles. The van der Waals surface area contributed by atoms with Crippen molar-refractivity contribution in [1.29, 1.82) is 0 Å². The Morgan fingerprint density at radius 1 is 1.08 bits per heavy atom. The van der Waals surface area contributed by atoms with Gasteiger partial charge in [0.1, 0.15) is 9.84 Å². The number of rotatable bonds is 5. The Hall–Kier alpha value is -1.13. The van der Waals surface area contributed by atoms with Crippen molar-refractivity contribution in [3.63, 3.8) is 0 Å². The van der Waals surface area contributed by atoms with Crippen LogP contribution in [0.5, 0.6) is 0 Å². The van der Waals surface area contributed by atoms with Crippen LogP contribution in [0, 0.1) is 5.92 Å². The first kappa shape index (κ1) is 19.2. The summed E-state index contributed by atoms with van der Waals surface area (Å²) in [7, 11) is -6.84. The van der Waals surface area contributed by atoms with Crippen LogP contribution >= 0.6 is 0 Å². The summed E-state index contributed by atoms with van der Waals surface area (Å²) in [6.07, 6.45) is -3.01. The fourth-order valence-electron chi connectivity index (χ4n) is 2.53. The molecule has 1 aromatic rings. The van der Waals surface area contributed by atoms with Gasteiger partial charge < -0.3 is 0 Å². The summed E-state index contributed by atoms with van der Waals surface area (Å²) in [4.78, 5) is -0.235. The molecule has 1 fully saturated rings. The summed E-state index contributed by atoms with van der Waals surface area (Å²) < 4.78 is 86.5. The average molecular weight is 385 g/mol. The maximum atomic E-state index is 12.5. The Labute approximate surface area is 139 Å². The van der Waals surface area contributed by atoms with E-state index in [4.69, 9.17) is 0 Å². The third kappa shape index (κ3) is 5.18. The lowest BCUT2D eigenvalue weighted by Crippen LogP contribution is -2.29. The molecule has 24 heavy (non-hydrogen) atoms. The van der Waals surface area contributed by atoms with Crippen molar-refractivity contribution in [1.82, 2.24) is 4.72 Å². The van der Waals surface area contributed by atoms with E-state index in [9.17, 15) is 30.0 Å². The summed E-state index contributed by atoms with van der Waals surface area (Å²) in [5, 5.41) is 0. The van der Waals surface area contributed by atoms with Crippen LogP contribution in [0.1, 0.15) is 24.8 Å². The van der Waals surface area contributed by atoms with E-state index in [2.05, 4.69) is 4.72 Å². The highest BCUT2D eigenvalue weighted by molar-refractivity contribution is 7.91. The largest absolute Gasteiger partial charge is 0.416 e. The smallest absolute Gasteiger partial charge is 0.229 e.